The highest BCUT2D eigenvalue weighted by Crippen LogP contribution is 2.37. The Bertz CT molecular complexity index is 1420. The summed E-state index contributed by atoms with van der Waals surface area (Å²) >= 11 is 6.96. The number of aliphatic hydroxyl groups excluding tert-OH is 1. The summed E-state index contributed by atoms with van der Waals surface area (Å²) in [4.78, 5) is 23.9. The summed E-state index contributed by atoms with van der Waals surface area (Å²) in [5, 5.41) is 13.9. The molecule has 2 fully saturated rings. The van der Waals surface area contributed by atoms with Gasteiger partial charge in [0.15, 0.2) is 11.2 Å². The van der Waals surface area contributed by atoms with Gasteiger partial charge in [-0.2, -0.15) is 0 Å². The number of anilines is 1. The lowest BCUT2D eigenvalue weighted by Crippen LogP contribution is -2.42. The molecule has 1 aromatic carbocycles. The fraction of sp³-hybridized carbons (Fsp3) is 0.519. The van der Waals surface area contributed by atoms with Crippen LogP contribution >= 0.6 is 11.6 Å². The van der Waals surface area contributed by atoms with Gasteiger partial charge in [0.1, 0.15) is 11.9 Å². The van der Waals surface area contributed by atoms with E-state index in [1.807, 2.05) is 23.3 Å². The van der Waals surface area contributed by atoms with E-state index in [0.29, 0.717) is 61.1 Å². The van der Waals surface area contributed by atoms with E-state index in [1.165, 1.54) is 0 Å². The molecule has 0 bridgehead atoms. The number of alkyl halides is 1. The maximum atomic E-state index is 15.1. The van der Waals surface area contributed by atoms with Crippen LogP contribution < -0.4 is 10.7 Å². The number of aromatic nitrogens is 3. The topological polar surface area (TPSA) is 92.5 Å². The van der Waals surface area contributed by atoms with E-state index in [9.17, 15) is 14.3 Å². The van der Waals surface area contributed by atoms with Crippen molar-refractivity contribution in [2.45, 2.75) is 64.5 Å². The molecule has 2 aliphatic rings. The third-order valence-corrected chi connectivity index (χ3v) is 7.79. The van der Waals surface area contributed by atoms with Crippen LogP contribution in [0.15, 0.2) is 23.1 Å². The molecule has 0 radical (unpaired) electrons. The van der Waals surface area contributed by atoms with E-state index >= 15 is 4.39 Å². The van der Waals surface area contributed by atoms with Crippen LogP contribution in [0, 0.1) is 12.7 Å². The second-order valence-electron chi connectivity index (χ2n) is 10.4. The lowest BCUT2D eigenvalue weighted by molar-refractivity contribution is -0.0136. The second kappa shape index (κ2) is 10.8. The predicted molar refractivity (Wildman–Crippen MR) is 143 cm³/mol. The standard InChI is InChI=1S/C27H32ClF2N5O3/c1-14(2)35-21(12-34-8-6-16(29)11-34)15(3)26(37)18-5-4-17(23(28)25(18)35)24-19(30)10-31-27(33-24)32-20-7-9-38-13-22(20)36/h4-5,10,14,16,20,22,36H,6-9,11-13H2,1-3H3,(H,31,32,33)/t16-,20-,22-/m1/s1. The largest absolute Gasteiger partial charge is 0.389 e. The minimum Gasteiger partial charge on any atom is -0.389 e. The second-order valence-corrected chi connectivity index (χ2v) is 10.8. The van der Waals surface area contributed by atoms with E-state index in [-0.39, 0.29) is 40.8 Å². The number of ether oxygens (including phenoxy) is 1. The van der Waals surface area contributed by atoms with Crippen LogP contribution in [0.2, 0.25) is 5.02 Å². The minimum atomic E-state index is -0.879. The summed E-state index contributed by atoms with van der Waals surface area (Å²) in [5.74, 6) is -0.509. The molecule has 0 spiro atoms. The van der Waals surface area contributed by atoms with Gasteiger partial charge in [-0.15, -0.1) is 0 Å². The molecule has 5 rings (SSSR count). The number of aliphatic hydroxyl groups is 1. The van der Waals surface area contributed by atoms with Crippen LogP contribution in [0.5, 0.6) is 0 Å². The Kier molecular flexibility index (Phi) is 7.68. The van der Waals surface area contributed by atoms with E-state index in [2.05, 4.69) is 15.3 Å². The molecule has 11 heteroatoms. The van der Waals surface area contributed by atoms with Gasteiger partial charge in [0, 0.05) is 54.5 Å². The van der Waals surface area contributed by atoms with Crippen LogP contribution in [0.25, 0.3) is 22.2 Å². The average molecular weight is 548 g/mol. The number of benzene rings is 1. The molecular weight excluding hydrogens is 516 g/mol. The fourth-order valence-corrected chi connectivity index (χ4v) is 5.75. The van der Waals surface area contributed by atoms with Crippen molar-refractivity contribution in [3.05, 3.63) is 50.7 Å². The van der Waals surface area contributed by atoms with Crippen molar-refractivity contribution in [2.24, 2.45) is 0 Å². The zero-order valence-electron chi connectivity index (χ0n) is 21.7. The number of rotatable bonds is 6. The summed E-state index contributed by atoms with van der Waals surface area (Å²) < 4.78 is 36.3. The van der Waals surface area contributed by atoms with Crippen LogP contribution in [0.4, 0.5) is 14.7 Å². The van der Waals surface area contributed by atoms with E-state index in [4.69, 9.17) is 16.3 Å². The maximum absolute atomic E-state index is 15.1. The highest BCUT2D eigenvalue weighted by Gasteiger charge is 2.28. The minimum absolute atomic E-state index is 0.0133. The van der Waals surface area contributed by atoms with Gasteiger partial charge in [-0.1, -0.05) is 17.7 Å². The molecule has 204 valence electrons. The van der Waals surface area contributed by atoms with Gasteiger partial charge in [0.2, 0.25) is 5.95 Å². The first-order chi connectivity index (χ1) is 18.2. The van der Waals surface area contributed by atoms with Crippen molar-refractivity contribution < 1.29 is 18.6 Å². The van der Waals surface area contributed by atoms with Crippen molar-refractivity contribution in [2.75, 3.05) is 31.6 Å². The maximum Gasteiger partial charge on any atom is 0.223 e. The first-order valence-corrected chi connectivity index (χ1v) is 13.3. The summed E-state index contributed by atoms with van der Waals surface area (Å²) in [6.45, 7) is 7.79. The molecule has 2 N–H and O–H groups in total. The van der Waals surface area contributed by atoms with Crippen molar-refractivity contribution in [1.29, 1.82) is 0 Å². The van der Waals surface area contributed by atoms with Crippen LogP contribution in [0.3, 0.4) is 0 Å². The van der Waals surface area contributed by atoms with Crippen LogP contribution in [-0.2, 0) is 11.3 Å². The summed E-state index contributed by atoms with van der Waals surface area (Å²) in [5.41, 5.74) is 2.00. The molecule has 0 amide bonds. The number of hydrogen-bond donors (Lipinski definition) is 2. The Morgan fingerprint density at radius 2 is 2.11 bits per heavy atom. The van der Waals surface area contributed by atoms with Crippen molar-refractivity contribution in [3.8, 4) is 11.3 Å². The molecular formula is C27H32ClF2N5O3. The monoisotopic (exact) mass is 547 g/mol. The number of hydrogen-bond acceptors (Lipinski definition) is 7. The summed E-state index contributed by atoms with van der Waals surface area (Å²) in [6, 6.07) is 2.84. The Hall–Kier alpha value is -2.66. The van der Waals surface area contributed by atoms with Gasteiger partial charge in [-0.25, -0.2) is 18.7 Å². The normalized spacial score (nSPS) is 22.5. The molecule has 0 unspecified atom stereocenters. The number of fused-ring (bicyclic) bond motifs is 1. The number of likely N-dealkylation sites (tertiary alicyclic amines) is 1. The average Bonchev–Trinajstić information content (AvgIpc) is 3.30. The predicted octanol–water partition coefficient (Wildman–Crippen LogP) is 4.25. The Morgan fingerprint density at radius 1 is 1.32 bits per heavy atom. The van der Waals surface area contributed by atoms with Gasteiger partial charge in [-0.05, 0) is 39.7 Å². The first-order valence-electron chi connectivity index (χ1n) is 12.9. The van der Waals surface area contributed by atoms with Crippen molar-refractivity contribution in [1.82, 2.24) is 19.4 Å². The number of halogens is 3. The molecule has 3 aromatic rings. The number of pyridine rings is 1. The number of nitrogens with zero attached hydrogens (tertiary/aromatic N) is 4. The molecule has 2 aliphatic heterocycles. The molecule has 0 aliphatic carbocycles. The van der Waals surface area contributed by atoms with Gasteiger partial charge in [0.25, 0.3) is 0 Å². The molecule has 8 nitrogen and oxygen atoms in total. The molecule has 2 saturated heterocycles. The molecule has 38 heavy (non-hydrogen) atoms. The molecule has 4 heterocycles. The molecule has 3 atom stereocenters. The van der Waals surface area contributed by atoms with Gasteiger partial charge < -0.3 is 19.7 Å². The third-order valence-electron chi connectivity index (χ3n) is 7.41. The smallest absolute Gasteiger partial charge is 0.223 e. The summed E-state index contributed by atoms with van der Waals surface area (Å²) in [7, 11) is 0. The Balaban J connectivity index is 1.63. The third kappa shape index (κ3) is 5.02. The summed E-state index contributed by atoms with van der Waals surface area (Å²) in [6.07, 6.45) is 0.467. The quantitative estimate of drug-likeness (QED) is 0.477. The van der Waals surface area contributed by atoms with E-state index in [1.54, 1.807) is 19.1 Å². The van der Waals surface area contributed by atoms with Crippen LogP contribution in [-0.4, -0.2) is 69.2 Å². The zero-order valence-corrected chi connectivity index (χ0v) is 22.4. The SMILES string of the molecule is Cc1c(CN2CC[C@@H](F)C2)n(C(C)C)c2c(Cl)c(-c3nc(N[C@@H]4CCOC[C@H]4O)ncc3F)ccc2c1=O. The van der Waals surface area contributed by atoms with E-state index in [0.717, 1.165) is 11.9 Å². The van der Waals surface area contributed by atoms with Crippen molar-refractivity contribution >= 4 is 28.5 Å². The van der Waals surface area contributed by atoms with Gasteiger partial charge in [-0.3, -0.25) is 9.69 Å². The fourth-order valence-electron chi connectivity index (χ4n) is 5.40. The highest BCUT2D eigenvalue weighted by atomic mass is 35.5. The van der Waals surface area contributed by atoms with Gasteiger partial charge >= 0.3 is 0 Å². The molecule has 0 saturated carbocycles. The van der Waals surface area contributed by atoms with Crippen LogP contribution in [0.1, 0.15) is 44.0 Å². The van der Waals surface area contributed by atoms with Gasteiger partial charge in [0.05, 0.1) is 35.5 Å². The zero-order chi connectivity index (χ0) is 27.1. The first kappa shape index (κ1) is 26.9. The van der Waals surface area contributed by atoms with E-state index < -0.39 is 18.1 Å². The Morgan fingerprint density at radius 3 is 2.79 bits per heavy atom. The highest BCUT2D eigenvalue weighted by molar-refractivity contribution is 6.37. The Labute approximate surface area is 224 Å². The number of nitrogens with one attached hydrogen (secondary N) is 1. The molecule has 2 aromatic heterocycles. The lowest BCUT2D eigenvalue weighted by atomic mass is 10.0. The lowest BCUT2D eigenvalue weighted by Gasteiger charge is -2.28. The van der Waals surface area contributed by atoms with Crippen molar-refractivity contribution in [3.63, 3.8) is 0 Å².